The van der Waals surface area contributed by atoms with Gasteiger partial charge >= 0.3 is 0 Å². The van der Waals surface area contributed by atoms with Crippen molar-refractivity contribution in [3.8, 4) is 5.88 Å². The fraction of sp³-hybridized carbons (Fsp3) is 0.571. The number of ether oxygens (including phenoxy) is 1. The molecule has 1 atom stereocenters. The Labute approximate surface area is 119 Å². The predicted molar refractivity (Wildman–Crippen MR) is 78.8 cm³/mol. The van der Waals surface area contributed by atoms with Crippen LogP contribution in [0, 0.1) is 0 Å². The van der Waals surface area contributed by atoms with Gasteiger partial charge in [0.15, 0.2) is 0 Å². The lowest BCUT2D eigenvalue weighted by molar-refractivity contribution is -0.122. The van der Waals surface area contributed by atoms with Gasteiger partial charge in [-0.3, -0.25) is 4.79 Å². The normalized spacial score (nSPS) is 19.7. The second-order valence-electron chi connectivity index (χ2n) is 5.94. The van der Waals surface area contributed by atoms with Crippen LogP contribution >= 0.6 is 0 Å². The Morgan fingerprint density at radius 3 is 2.80 bits per heavy atom. The molecule has 1 saturated heterocycles. The van der Waals surface area contributed by atoms with Gasteiger partial charge in [-0.1, -0.05) is 0 Å². The first-order valence-electron chi connectivity index (χ1n) is 6.78. The molecule has 0 bridgehead atoms. The largest absolute Gasteiger partial charge is 0.470 e. The lowest BCUT2D eigenvalue weighted by atomic mass is 10.2. The van der Waals surface area contributed by atoms with Crippen LogP contribution in [-0.4, -0.2) is 35.6 Å². The summed E-state index contributed by atoms with van der Waals surface area (Å²) in [4.78, 5) is 18.1. The Hall–Kier alpha value is -1.98. The van der Waals surface area contributed by atoms with Gasteiger partial charge in [0, 0.05) is 13.1 Å². The third-order valence-corrected chi connectivity index (χ3v) is 3.07. The van der Waals surface area contributed by atoms with Crippen molar-refractivity contribution in [2.75, 3.05) is 23.7 Å². The van der Waals surface area contributed by atoms with E-state index in [0.29, 0.717) is 23.9 Å². The molecule has 1 aromatic heterocycles. The number of nitrogen functional groups attached to an aromatic ring is 1. The summed E-state index contributed by atoms with van der Waals surface area (Å²) in [6.07, 6.45) is 0. The molecule has 2 rings (SSSR count). The minimum atomic E-state index is -0.370. The third kappa shape index (κ3) is 3.12. The van der Waals surface area contributed by atoms with E-state index in [0.717, 1.165) is 6.54 Å². The van der Waals surface area contributed by atoms with Crippen molar-refractivity contribution in [1.82, 2.24) is 10.3 Å². The fourth-order valence-corrected chi connectivity index (χ4v) is 2.07. The minimum Gasteiger partial charge on any atom is -0.470 e. The number of hydrogen-bond donors (Lipinski definition) is 2. The second-order valence-corrected chi connectivity index (χ2v) is 5.94. The van der Waals surface area contributed by atoms with Crippen LogP contribution in [-0.2, 0) is 4.79 Å². The van der Waals surface area contributed by atoms with E-state index in [4.69, 9.17) is 10.5 Å². The molecule has 0 spiro atoms. The van der Waals surface area contributed by atoms with Crippen molar-refractivity contribution in [2.45, 2.75) is 39.3 Å². The molecule has 6 heteroatoms. The van der Waals surface area contributed by atoms with E-state index >= 15 is 0 Å². The number of anilines is 2. The number of nitrogens with zero attached hydrogens (tertiary/aromatic N) is 2. The number of amides is 1. The van der Waals surface area contributed by atoms with Gasteiger partial charge in [-0.2, -0.15) is 4.98 Å². The van der Waals surface area contributed by atoms with Crippen molar-refractivity contribution in [3.63, 3.8) is 0 Å². The average molecular weight is 278 g/mol. The molecule has 110 valence electrons. The predicted octanol–water partition coefficient (Wildman–Crippen LogP) is 1.17. The van der Waals surface area contributed by atoms with Crippen molar-refractivity contribution in [3.05, 3.63) is 12.1 Å². The number of pyridine rings is 1. The van der Waals surface area contributed by atoms with Crippen LogP contribution in [0.15, 0.2) is 12.1 Å². The summed E-state index contributed by atoms with van der Waals surface area (Å²) in [5, 5.41) is 2.83. The number of nitrogens with two attached hydrogens (primary N) is 1. The molecule has 0 aliphatic carbocycles. The summed E-state index contributed by atoms with van der Waals surface area (Å²) in [5.74, 6) is 1.13. The lowest BCUT2D eigenvalue weighted by Crippen LogP contribution is -2.54. The summed E-state index contributed by atoms with van der Waals surface area (Å²) in [6, 6.07) is 3.34. The summed E-state index contributed by atoms with van der Waals surface area (Å²) < 4.78 is 5.76. The molecule has 0 radical (unpaired) electrons. The van der Waals surface area contributed by atoms with Gasteiger partial charge in [0.05, 0.1) is 5.69 Å². The quantitative estimate of drug-likeness (QED) is 0.848. The monoisotopic (exact) mass is 278 g/mol. The smallest absolute Gasteiger partial charge is 0.242 e. The Morgan fingerprint density at radius 2 is 2.15 bits per heavy atom. The van der Waals surface area contributed by atoms with Crippen LogP contribution in [0.3, 0.4) is 0 Å². The Bertz CT molecular complexity index is 510. The van der Waals surface area contributed by atoms with Crippen LogP contribution in [0.4, 0.5) is 11.5 Å². The van der Waals surface area contributed by atoms with Gasteiger partial charge in [-0.05, 0) is 39.8 Å². The molecule has 1 aliphatic rings. The molecule has 1 aromatic rings. The van der Waals surface area contributed by atoms with E-state index in [1.165, 1.54) is 0 Å². The van der Waals surface area contributed by atoms with E-state index in [2.05, 4.69) is 10.3 Å². The number of carbonyl (C=O) groups is 1. The molecule has 0 saturated carbocycles. The number of rotatable bonds is 2. The van der Waals surface area contributed by atoms with Crippen LogP contribution < -0.4 is 20.7 Å². The molecule has 1 amide bonds. The van der Waals surface area contributed by atoms with Gasteiger partial charge in [0.2, 0.25) is 11.8 Å². The van der Waals surface area contributed by atoms with Gasteiger partial charge in [-0.25, -0.2) is 0 Å². The first kappa shape index (κ1) is 14.4. The molecule has 1 aliphatic heterocycles. The molecule has 6 nitrogen and oxygen atoms in total. The number of hydrogen-bond acceptors (Lipinski definition) is 5. The van der Waals surface area contributed by atoms with E-state index in [1.54, 1.807) is 6.07 Å². The molecular weight excluding hydrogens is 256 g/mol. The highest BCUT2D eigenvalue weighted by atomic mass is 16.5. The maximum atomic E-state index is 11.7. The SMILES string of the molecule is CC1C(=O)NCCN1c1ccc(N)c(OC(C)(C)C)n1. The van der Waals surface area contributed by atoms with Gasteiger partial charge < -0.3 is 20.7 Å². The van der Waals surface area contributed by atoms with Crippen LogP contribution in [0.2, 0.25) is 0 Å². The van der Waals surface area contributed by atoms with Crippen molar-refractivity contribution in [2.24, 2.45) is 0 Å². The van der Waals surface area contributed by atoms with Gasteiger partial charge in [0.1, 0.15) is 17.5 Å². The Balaban J connectivity index is 2.29. The van der Waals surface area contributed by atoms with Gasteiger partial charge in [0.25, 0.3) is 0 Å². The number of nitrogens with one attached hydrogen (secondary N) is 1. The fourth-order valence-electron chi connectivity index (χ4n) is 2.07. The highest BCUT2D eigenvalue weighted by Crippen LogP contribution is 2.27. The summed E-state index contributed by atoms with van der Waals surface area (Å²) in [6.45, 7) is 9.02. The molecule has 3 N–H and O–H groups in total. The number of carbonyl (C=O) groups excluding carboxylic acids is 1. The molecule has 2 heterocycles. The molecular formula is C14H22N4O2. The second kappa shape index (κ2) is 5.19. The van der Waals surface area contributed by atoms with Crippen LogP contribution in [0.25, 0.3) is 0 Å². The molecule has 1 unspecified atom stereocenters. The summed E-state index contributed by atoms with van der Waals surface area (Å²) >= 11 is 0. The molecule has 0 aromatic carbocycles. The summed E-state index contributed by atoms with van der Waals surface area (Å²) in [7, 11) is 0. The maximum absolute atomic E-state index is 11.7. The maximum Gasteiger partial charge on any atom is 0.242 e. The van der Waals surface area contributed by atoms with Crippen molar-refractivity contribution in [1.29, 1.82) is 0 Å². The first-order chi connectivity index (χ1) is 9.28. The van der Waals surface area contributed by atoms with Crippen LogP contribution in [0.1, 0.15) is 27.7 Å². The van der Waals surface area contributed by atoms with Crippen molar-refractivity contribution < 1.29 is 9.53 Å². The zero-order valence-electron chi connectivity index (χ0n) is 12.4. The highest BCUT2D eigenvalue weighted by Gasteiger charge is 2.27. The lowest BCUT2D eigenvalue weighted by Gasteiger charge is -2.34. The highest BCUT2D eigenvalue weighted by molar-refractivity contribution is 5.85. The zero-order valence-corrected chi connectivity index (χ0v) is 12.4. The zero-order chi connectivity index (χ0) is 14.9. The standard InChI is InChI=1S/C14H22N4O2/c1-9-12(19)16-7-8-18(9)11-6-5-10(15)13(17-11)20-14(2,3)4/h5-6,9H,7-8,15H2,1-4H3,(H,16,19). The summed E-state index contributed by atoms with van der Waals surface area (Å²) in [5.41, 5.74) is 6.03. The first-order valence-corrected chi connectivity index (χ1v) is 6.78. The minimum absolute atomic E-state index is 0.00756. The van der Waals surface area contributed by atoms with Crippen molar-refractivity contribution >= 4 is 17.4 Å². The number of piperazine rings is 1. The molecule has 20 heavy (non-hydrogen) atoms. The molecule has 1 fully saturated rings. The van der Waals surface area contributed by atoms with E-state index in [9.17, 15) is 4.79 Å². The topological polar surface area (TPSA) is 80.5 Å². The Kier molecular flexibility index (Phi) is 3.74. The van der Waals surface area contributed by atoms with Crippen LogP contribution in [0.5, 0.6) is 5.88 Å². The third-order valence-electron chi connectivity index (χ3n) is 3.07. The van der Waals surface area contributed by atoms with Gasteiger partial charge in [-0.15, -0.1) is 0 Å². The Morgan fingerprint density at radius 1 is 1.45 bits per heavy atom. The van der Waals surface area contributed by atoms with E-state index < -0.39 is 0 Å². The average Bonchev–Trinajstić information content (AvgIpc) is 2.34. The van der Waals surface area contributed by atoms with E-state index in [1.807, 2.05) is 38.7 Å². The number of aromatic nitrogens is 1. The van der Waals surface area contributed by atoms with E-state index in [-0.39, 0.29) is 17.6 Å².